The van der Waals surface area contributed by atoms with Crippen molar-refractivity contribution in [3.8, 4) is 6.07 Å². The van der Waals surface area contributed by atoms with E-state index in [0.717, 1.165) is 23.3 Å². The number of carbonyl (C=O) groups excluding carboxylic acids is 1. The molecule has 1 saturated carbocycles. The minimum absolute atomic E-state index is 0.195. The van der Waals surface area contributed by atoms with E-state index in [1.54, 1.807) is 0 Å². The number of nitrogens with zero attached hydrogens (tertiary/aromatic N) is 1. The highest BCUT2D eigenvalue weighted by molar-refractivity contribution is 7.16. The Kier molecular flexibility index (Phi) is 3.87. The number of rotatable bonds is 2. The van der Waals surface area contributed by atoms with Crippen LogP contribution in [0.3, 0.4) is 0 Å². The second-order valence-electron chi connectivity index (χ2n) is 4.68. The van der Waals surface area contributed by atoms with Crippen LogP contribution in [0, 0.1) is 25.2 Å². The van der Waals surface area contributed by atoms with Crippen LogP contribution >= 0.6 is 11.3 Å². The van der Waals surface area contributed by atoms with Crippen molar-refractivity contribution >= 4 is 22.4 Å². The van der Waals surface area contributed by atoms with Gasteiger partial charge in [-0.3, -0.25) is 5.32 Å². The van der Waals surface area contributed by atoms with Crippen LogP contribution in [-0.4, -0.2) is 12.1 Å². The van der Waals surface area contributed by atoms with Crippen LogP contribution in [0.4, 0.5) is 9.80 Å². The first-order valence-electron chi connectivity index (χ1n) is 6.19. The molecule has 0 bridgehead atoms. The molecule has 18 heavy (non-hydrogen) atoms. The molecule has 1 aromatic heterocycles. The fourth-order valence-electron chi connectivity index (χ4n) is 2.24. The predicted octanol–water partition coefficient (Wildman–Crippen LogP) is 3.30. The number of aryl methyl sites for hydroxylation is 1. The molecule has 1 aliphatic carbocycles. The molecule has 0 radical (unpaired) electrons. The van der Waals surface area contributed by atoms with E-state index < -0.39 is 0 Å². The summed E-state index contributed by atoms with van der Waals surface area (Å²) in [6.45, 7) is 3.87. The summed E-state index contributed by atoms with van der Waals surface area (Å²) in [4.78, 5) is 12.9. The summed E-state index contributed by atoms with van der Waals surface area (Å²) in [5.41, 5.74) is 1.54. The molecule has 0 unspecified atom stereocenters. The minimum Gasteiger partial charge on any atom is -0.335 e. The average Bonchev–Trinajstić information content (AvgIpc) is 2.89. The van der Waals surface area contributed by atoms with Gasteiger partial charge in [0.05, 0.1) is 5.56 Å². The van der Waals surface area contributed by atoms with Crippen molar-refractivity contribution in [1.82, 2.24) is 5.32 Å². The lowest BCUT2D eigenvalue weighted by Gasteiger charge is -2.12. The van der Waals surface area contributed by atoms with Crippen molar-refractivity contribution in [1.29, 1.82) is 5.26 Å². The molecule has 4 nitrogen and oxygen atoms in total. The molecule has 2 rings (SSSR count). The second-order valence-corrected chi connectivity index (χ2v) is 5.90. The molecule has 0 atom stereocenters. The molecular weight excluding hydrogens is 246 g/mol. The maximum Gasteiger partial charge on any atom is 0.320 e. The zero-order chi connectivity index (χ0) is 13.1. The maximum atomic E-state index is 11.8. The molecule has 1 aliphatic rings. The smallest absolute Gasteiger partial charge is 0.320 e. The summed E-state index contributed by atoms with van der Waals surface area (Å²) in [7, 11) is 0. The third-order valence-electron chi connectivity index (χ3n) is 3.41. The van der Waals surface area contributed by atoms with Crippen LogP contribution in [0.25, 0.3) is 0 Å². The quantitative estimate of drug-likeness (QED) is 0.859. The van der Waals surface area contributed by atoms with E-state index >= 15 is 0 Å². The molecule has 0 aliphatic heterocycles. The Bertz CT molecular complexity index is 495. The first-order chi connectivity index (χ1) is 8.61. The van der Waals surface area contributed by atoms with Gasteiger partial charge in [-0.25, -0.2) is 4.79 Å². The number of anilines is 1. The predicted molar refractivity (Wildman–Crippen MR) is 72.9 cm³/mol. The van der Waals surface area contributed by atoms with Gasteiger partial charge in [0.1, 0.15) is 11.1 Å². The van der Waals surface area contributed by atoms with Crippen LogP contribution in [0.2, 0.25) is 0 Å². The molecule has 1 heterocycles. The lowest BCUT2D eigenvalue weighted by Crippen LogP contribution is -2.36. The fourth-order valence-corrected chi connectivity index (χ4v) is 3.25. The van der Waals surface area contributed by atoms with E-state index in [-0.39, 0.29) is 12.1 Å². The number of carbonyl (C=O) groups is 1. The summed E-state index contributed by atoms with van der Waals surface area (Å²) in [5, 5.41) is 15.5. The second kappa shape index (κ2) is 5.40. The first kappa shape index (κ1) is 12.9. The standard InChI is InChI=1S/C13H17N3OS/c1-8-9(2)18-12(11(8)7-14)16-13(17)15-10-5-3-4-6-10/h10H,3-6H2,1-2H3,(H2,15,16,17). The van der Waals surface area contributed by atoms with Gasteiger partial charge in [0.15, 0.2) is 0 Å². The van der Waals surface area contributed by atoms with E-state index in [9.17, 15) is 4.79 Å². The number of nitrogens with one attached hydrogen (secondary N) is 2. The van der Waals surface area contributed by atoms with Gasteiger partial charge in [0.25, 0.3) is 0 Å². The van der Waals surface area contributed by atoms with Crippen molar-refractivity contribution < 1.29 is 4.79 Å². The van der Waals surface area contributed by atoms with Gasteiger partial charge in [0.2, 0.25) is 0 Å². The first-order valence-corrected chi connectivity index (χ1v) is 7.01. The van der Waals surface area contributed by atoms with Crippen molar-refractivity contribution in [3.63, 3.8) is 0 Å². The molecule has 1 fully saturated rings. The summed E-state index contributed by atoms with van der Waals surface area (Å²) in [6, 6.07) is 2.25. The van der Waals surface area contributed by atoms with Crippen molar-refractivity contribution in [2.24, 2.45) is 0 Å². The van der Waals surface area contributed by atoms with Gasteiger partial charge < -0.3 is 5.32 Å². The van der Waals surface area contributed by atoms with Gasteiger partial charge in [0, 0.05) is 10.9 Å². The Labute approximate surface area is 111 Å². The molecule has 0 saturated heterocycles. The lowest BCUT2D eigenvalue weighted by atomic mass is 10.2. The molecule has 2 N–H and O–H groups in total. The molecule has 0 spiro atoms. The van der Waals surface area contributed by atoms with Crippen LogP contribution in [0.15, 0.2) is 0 Å². The number of urea groups is 1. The number of hydrogen-bond acceptors (Lipinski definition) is 3. The Hall–Kier alpha value is -1.54. The van der Waals surface area contributed by atoms with Gasteiger partial charge in [-0.15, -0.1) is 11.3 Å². The van der Waals surface area contributed by atoms with Crippen molar-refractivity contribution in [2.75, 3.05) is 5.32 Å². The van der Waals surface area contributed by atoms with Gasteiger partial charge in [-0.2, -0.15) is 5.26 Å². The van der Waals surface area contributed by atoms with E-state index in [0.29, 0.717) is 10.6 Å². The van der Waals surface area contributed by atoms with Crippen molar-refractivity contribution in [3.05, 3.63) is 16.0 Å². The molecule has 2 amide bonds. The van der Waals surface area contributed by atoms with Crippen molar-refractivity contribution in [2.45, 2.75) is 45.6 Å². The maximum absolute atomic E-state index is 11.8. The molecule has 96 valence electrons. The SMILES string of the molecule is Cc1sc(NC(=O)NC2CCCC2)c(C#N)c1C. The third kappa shape index (κ3) is 2.65. The Morgan fingerprint density at radius 2 is 2.06 bits per heavy atom. The Morgan fingerprint density at radius 3 is 2.67 bits per heavy atom. The molecule has 5 heteroatoms. The normalized spacial score (nSPS) is 15.4. The number of thiophene rings is 1. The Balaban J connectivity index is 2.02. The molecular formula is C13H17N3OS. The van der Waals surface area contributed by atoms with Crippen LogP contribution in [0.5, 0.6) is 0 Å². The minimum atomic E-state index is -0.195. The number of hydrogen-bond donors (Lipinski definition) is 2. The highest BCUT2D eigenvalue weighted by Gasteiger charge is 2.19. The van der Waals surface area contributed by atoms with Crippen LogP contribution in [-0.2, 0) is 0 Å². The zero-order valence-electron chi connectivity index (χ0n) is 10.7. The highest BCUT2D eigenvalue weighted by atomic mass is 32.1. The van der Waals surface area contributed by atoms with Gasteiger partial charge in [-0.05, 0) is 32.3 Å². The lowest BCUT2D eigenvalue weighted by molar-refractivity contribution is 0.248. The molecule has 0 aromatic carbocycles. The van der Waals surface area contributed by atoms with E-state index in [1.807, 2.05) is 13.8 Å². The zero-order valence-corrected chi connectivity index (χ0v) is 11.5. The number of nitriles is 1. The largest absolute Gasteiger partial charge is 0.335 e. The number of amides is 2. The fraction of sp³-hybridized carbons (Fsp3) is 0.538. The average molecular weight is 263 g/mol. The topological polar surface area (TPSA) is 64.9 Å². The van der Waals surface area contributed by atoms with Crippen LogP contribution in [0.1, 0.15) is 41.7 Å². The van der Waals surface area contributed by atoms with Crippen LogP contribution < -0.4 is 10.6 Å². The Morgan fingerprint density at radius 1 is 1.39 bits per heavy atom. The van der Waals surface area contributed by atoms with Gasteiger partial charge >= 0.3 is 6.03 Å². The highest BCUT2D eigenvalue weighted by Crippen LogP contribution is 2.31. The third-order valence-corrected chi connectivity index (χ3v) is 4.54. The monoisotopic (exact) mass is 263 g/mol. The van der Waals surface area contributed by atoms with Gasteiger partial charge in [-0.1, -0.05) is 12.8 Å². The van der Waals surface area contributed by atoms with E-state index in [2.05, 4.69) is 16.7 Å². The van der Waals surface area contributed by atoms with E-state index in [1.165, 1.54) is 24.2 Å². The summed E-state index contributed by atoms with van der Waals surface area (Å²) in [5.74, 6) is 0. The summed E-state index contributed by atoms with van der Waals surface area (Å²) >= 11 is 1.46. The summed E-state index contributed by atoms with van der Waals surface area (Å²) in [6.07, 6.45) is 4.49. The van der Waals surface area contributed by atoms with E-state index in [4.69, 9.17) is 5.26 Å². The molecule has 1 aromatic rings. The summed E-state index contributed by atoms with van der Waals surface area (Å²) < 4.78 is 0.